The van der Waals surface area contributed by atoms with Crippen LogP contribution in [0.4, 0.5) is 4.79 Å². The van der Waals surface area contributed by atoms with Crippen LogP contribution in [0.1, 0.15) is 33.8 Å². The van der Waals surface area contributed by atoms with Gasteiger partial charge in [0.05, 0.1) is 12.1 Å². The van der Waals surface area contributed by atoms with Gasteiger partial charge in [-0.2, -0.15) is 0 Å². The van der Waals surface area contributed by atoms with Gasteiger partial charge in [-0.1, -0.05) is 24.3 Å². The van der Waals surface area contributed by atoms with Crippen molar-refractivity contribution < 1.29 is 9.90 Å². The first-order valence-corrected chi connectivity index (χ1v) is 8.73. The van der Waals surface area contributed by atoms with Gasteiger partial charge < -0.3 is 15.7 Å². The Morgan fingerprint density at radius 1 is 1.35 bits per heavy atom. The van der Waals surface area contributed by atoms with E-state index in [2.05, 4.69) is 29.7 Å². The van der Waals surface area contributed by atoms with Gasteiger partial charge in [0.1, 0.15) is 0 Å². The lowest BCUT2D eigenvalue weighted by atomic mass is 10.1. The zero-order chi connectivity index (χ0) is 16.4. The summed E-state index contributed by atoms with van der Waals surface area (Å²) in [6, 6.07) is 11.5. The average Bonchev–Trinajstić information content (AvgIpc) is 3.03. The average molecular weight is 330 g/mol. The fourth-order valence-corrected chi connectivity index (χ4v) is 4.12. The first-order chi connectivity index (χ1) is 11.0. The summed E-state index contributed by atoms with van der Waals surface area (Å²) in [6.07, 6.45) is 0.842. The Bertz CT molecular complexity index is 698. The van der Waals surface area contributed by atoms with E-state index in [1.54, 1.807) is 11.3 Å². The second-order valence-corrected chi connectivity index (χ2v) is 7.56. The number of carbonyl (C=O) groups excluding carboxylic acids is 1. The highest BCUT2D eigenvalue weighted by Crippen LogP contribution is 2.31. The molecule has 3 rings (SSSR count). The van der Waals surface area contributed by atoms with E-state index in [4.69, 9.17) is 0 Å². The smallest absolute Gasteiger partial charge is 0.315 e. The minimum Gasteiger partial charge on any atom is -0.390 e. The van der Waals surface area contributed by atoms with Crippen LogP contribution in [0.25, 0.3) is 0 Å². The largest absolute Gasteiger partial charge is 0.390 e. The van der Waals surface area contributed by atoms with Gasteiger partial charge in [-0.25, -0.2) is 4.79 Å². The number of rotatable bonds is 4. The molecule has 1 aromatic carbocycles. The van der Waals surface area contributed by atoms with E-state index >= 15 is 0 Å². The van der Waals surface area contributed by atoms with Crippen molar-refractivity contribution >= 4 is 17.4 Å². The second-order valence-electron chi connectivity index (χ2n) is 6.18. The van der Waals surface area contributed by atoms with Crippen LogP contribution >= 0.6 is 11.3 Å². The van der Waals surface area contributed by atoms with Gasteiger partial charge in [0, 0.05) is 28.6 Å². The Kier molecular flexibility index (Phi) is 4.68. The van der Waals surface area contributed by atoms with Crippen molar-refractivity contribution in [3.8, 4) is 0 Å². The maximum absolute atomic E-state index is 12.2. The summed E-state index contributed by atoms with van der Waals surface area (Å²) in [7, 11) is 0. The fourth-order valence-electron chi connectivity index (χ4n) is 3.10. The molecule has 0 saturated heterocycles. The van der Waals surface area contributed by atoms with Crippen LogP contribution in [0.2, 0.25) is 0 Å². The highest BCUT2D eigenvalue weighted by atomic mass is 32.1. The van der Waals surface area contributed by atoms with Crippen LogP contribution in [-0.4, -0.2) is 23.3 Å². The molecule has 1 aliphatic rings. The molecule has 0 aliphatic heterocycles. The van der Waals surface area contributed by atoms with Gasteiger partial charge in [-0.3, -0.25) is 0 Å². The van der Waals surface area contributed by atoms with Crippen LogP contribution in [0.15, 0.2) is 36.4 Å². The Hall–Kier alpha value is -1.85. The van der Waals surface area contributed by atoms with Crippen molar-refractivity contribution in [2.24, 2.45) is 0 Å². The molecular formula is C18H22N2O2S. The Morgan fingerprint density at radius 3 is 2.87 bits per heavy atom. The molecule has 23 heavy (non-hydrogen) atoms. The Morgan fingerprint density at radius 2 is 2.13 bits per heavy atom. The number of aryl methyl sites for hydroxylation is 1. The molecule has 5 heteroatoms. The number of carbonyl (C=O) groups is 1. The topological polar surface area (TPSA) is 61.4 Å². The molecule has 2 aromatic rings. The lowest BCUT2D eigenvalue weighted by Gasteiger charge is -2.20. The summed E-state index contributed by atoms with van der Waals surface area (Å²) in [5.41, 5.74) is 2.11. The van der Waals surface area contributed by atoms with E-state index in [9.17, 15) is 9.90 Å². The zero-order valence-corrected chi connectivity index (χ0v) is 14.2. The van der Waals surface area contributed by atoms with E-state index in [1.807, 2.05) is 31.2 Å². The molecule has 0 fully saturated rings. The highest BCUT2D eigenvalue weighted by molar-refractivity contribution is 7.11. The minimum atomic E-state index is -0.562. The molecule has 1 aromatic heterocycles. The van der Waals surface area contributed by atoms with Crippen molar-refractivity contribution in [3.63, 3.8) is 0 Å². The van der Waals surface area contributed by atoms with Gasteiger partial charge in [0.2, 0.25) is 0 Å². The number of nitrogens with one attached hydrogen (secondary N) is 2. The molecule has 0 bridgehead atoms. The predicted octanol–water partition coefficient (Wildman–Crippen LogP) is 2.95. The number of benzene rings is 1. The molecule has 3 N–H and O–H groups in total. The van der Waals surface area contributed by atoms with Crippen molar-refractivity contribution in [2.45, 2.75) is 44.9 Å². The molecule has 2 amide bonds. The van der Waals surface area contributed by atoms with Crippen molar-refractivity contribution in [1.82, 2.24) is 10.6 Å². The molecule has 1 heterocycles. The third-order valence-corrected chi connectivity index (χ3v) is 5.19. The number of fused-ring (bicyclic) bond motifs is 1. The van der Waals surface area contributed by atoms with Crippen molar-refractivity contribution in [3.05, 3.63) is 57.3 Å². The van der Waals surface area contributed by atoms with Crippen LogP contribution in [-0.2, 0) is 12.8 Å². The van der Waals surface area contributed by atoms with E-state index in [0.29, 0.717) is 6.42 Å². The van der Waals surface area contributed by atoms with Gasteiger partial charge in [-0.05, 0) is 37.1 Å². The summed E-state index contributed by atoms with van der Waals surface area (Å²) >= 11 is 1.76. The number of aliphatic hydroxyl groups excluding tert-OH is 1. The Labute approximate surface area is 140 Å². The molecule has 3 atom stereocenters. The molecule has 0 spiro atoms. The lowest BCUT2D eigenvalue weighted by Crippen LogP contribution is -2.44. The molecule has 4 nitrogen and oxygen atoms in total. The lowest BCUT2D eigenvalue weighted by molar-refractivity contribution is 0.142. The molecule has 0 radical (unpaired) electrons. The summed E-state index contributed by atoms with van der Waals surface area (Å²) < 4.78 is 0. The molecule has 1 aliphatic carbocycles. The number of amides is 2. The molecule has 1 unspecified atom stereocenters. The SMILES string of the molecule is Cc1ccc(CC(C)NC(=O)N[C@@H]2c3ccccc3C[C@@H]2O)s1. The predicted molar refractivity (Wildman–Crippen MR) is 92.8 cm³/mol. The van der Waals surface area contributed by atoms with E-state index < -0.39 is 6.10 Å². The number of hydrogen-bond donors (Lipinski definition) is 3. The van der Waals surface area contributed by atoms with Gasteiger partial charge in [0.25, 0.3) is 0 Å². The zero-order valence-electron chi connectivity index (χ0n) is 13.4. The van der Waals surface area contributed by atoms with Crippen molar-refractivity contribution in [2.75, 3.05) is 0 Å². The first kappa shape index (κ1) is 16.0. The van der Waals surface area contributed by atoms with Gasteiger partial charge in [0.15, 0.2) is 0 Å². The number of aliphatic hydroxyl groups is 1. The molecule has 0 saturated carbocycles. The van der Waals surface area contributed by atoms with Crippen LogP contribution in [0.3, 0.4) is 0 Å². The van der Waals surface area contributed by atoms with Gasteiger partial charge >= 0.3 is 6.03 Å². The second kappa shape index (κ2) is 6.72. The van der Waals surface area contributed by atoms with Crippen LogP contribution < -0.4 is 10.6 Å². The summed E-state index contributed by atoms with van der Waals surface area (Å²) in [4.78, 5) is 14.8. The maximum atomic E-state index is 12.2. The quantitative estimate of drug-likeness (QED) is 0.807. The summed E-state index contributed by atoms with van der Waals surface area (Å²) in [5.74, 6) is 0. The number of urea groups is 1. The number of thiophene rings is 1. The third-order valence-electron chi connectivity index (χ3n) is 4.17. The summed E-state index contributed by atoms with van der Waals surface area (Å²) in [5, 5.41) is 16.1. The molecular weight excluding hydrogens is 308 g/mol. The fraction of sp³-hybridized carbons (Fsp3) is 0.389. The maximum Gasteiger partial charge on any atom is 0.315 e. The first-order valence-electron chi connectivity index (χ1n) is 7.91. The monoisotopic (exact) mass is 330 g/mol. The van der Waals surface area contributed by atoms with E-state index in [0.717, 1.165) is 17.5 Å². The van der Waals surface area contributed by atoms with Crippen LogP contribution in [0, 0.1) is 6.92 Å². The summed E-state index contributed by atoms with van der Waals surface area (Å²) in [6.45, 7) is 4.07. The highest BCUT2D eigenvalue weighted by Gasteiger charge is 2.31. The van der Waals surface area contributed by atoms with Crippen molar-refractivity contribution in [1.29, 1.82) is 0 Å². The standard InChI is InChI=1S/C18H22N2O2S/c1-11(9-14-8-7-12(2)23-14)19-18(22)20-17-15-6-4-3-5-13(15)10-16(17)21/h3-8,11,16-17,21H,9-10H2,1-2H3,(H2,19,20,22)/t11?,16-,17+/m0/s1. The Balaban J connectivity index is 1.57. The minimum absolute atomic E-state index is 0.0434. The normalized spacial score (nSPS) is 20.8. The van der Waals surface area contributed by atoms with E-state index in [1.165, 1.54) is 9.75 Å². The van der Waals surface area contributed by atoms with E-state index in [-0.39, 0.29) is 18.1 Å². The van der Waals surface area contributed by atoms with Gasteiger partial charge in [-0.15, -0.1) is 11.3 Å². The number of hydrogen-bond acceptors (Lipinski definition) is 3. The molecule has 122 valence electrons. The third kappa shape index (κ3) is 3.74. The van der Waals surface area contributed by atoms with Crippen LogP contribution in [0.5, 0.6) is 0 Å².